The molecule has 4 aromatic carbocycles. The van der Waals surface area contributed by atoms with Crippen LogP contribution in [0.25, 0.3) is 55.6 Å². The van der Waals surface area contributed by atoms with E-state index in [0.29, 0.717) is 0 Å². The predicted octanol–water partition coefficient (Wildman–Crippen LogP) is 7.11. The Hall–Kier alpha value is -3.95. The van der Waals surface area contributed by atoms with Crippen LogP contribution in [0.15, 0.2) is 107 Å². The fourth-order valence-corrected chi connectivity index (χ4v) is 6.44. The molecule has 7 rings (SSSR count). The maximum absolute atomic E-state index is 4.61. The number of rotatable bonds is 3. The van der Waals surface area contributed by atoms with E-state index in [-0.39, 0.29) is 0 Å². The summed E-state index contributed by atoms with van der Waals surface area (Å²) in [5.41, 5.74) is 2.56. The van der Waals surface area contributed by atoms with Crippen LogP contribution in [0.5, 0.6) is 0 Å². The lowest BCUT2D eigenvalue weighted by Gasteiger charge is -2.18. The molecule has 35 heavy (non-hydrogen) atoms. The first-order valence-corrected chi connectivity index (χ1v) is 12.8. The van der Waals surface area contributed by atoms with Gasteiger partial charge >= 0.3 is 0 Å². The summed E-state index contributed by atoms with van der Waals surface area (Å²) in [6, 6.07) is 28.1. The Morgan fingerprint density at radius 3 is 2.26 bits per heavy atom. The summed E-state index contributed by atoms with van der Waals surface area (Å²) in [6.45, 7) is 0. The lowest BCUT2D eigenvalue weighted by molar-refractivity contribution is 1.10. The van der Waals surface area contributed by atoms with Crippen LogP contribution in [-0.2, 0) is 0 Å². The highest BCUT2D eigenvalue weighted by atomic mass is 32.2. The molecular weight excluding hydrogens is 444 g/mol. The minimum atomic E-state index is 1.01. The molecule has 6 aromatic rings. The standard InChI is InChI=1S/C32H22N2S/c1-2-10-22-21(9-1)19-28(24-12-4-3-11-23(22)24)31-25-13-5-6-14-26(25)32(27-16-18-33-20-29(27)31)35-30-15-7-8-17-34-30/h1-4,7-20H,5-6H2. The minimum absolute atomic E-state index is 1.01. The largest absolute Gasteiger partial charge is 0.264 e. The summed E-state index contributed by atoms with van der Waals surface area (Å²) in [7, 11) is 0. The molecule has 1 aliphatic carbocycles. The molecule has 0 aliphatic heterocycles. The molecule has 2 aromatic heterocycles. The average molecular weight is 467 g/mol. The van der Waals surface area contributed by atoms with Crippen molar-refractivity contribution in [2.24, 2.45) is 0 Å². The molecule has 1 aliphatic rings. The van der Waals surface area contributed by atoms with Gasteiger partial charge in [0.15, 0.2) is 0 Å². The monoisotopic (exact) mass is 466 g/mol. The van der Waals surface area contributed by atoms with Gasteiger partial charge in [-0.15, -0.1) is 0 Å². The van der Waals surface area contributed by atoms with Crippen molar-refractivity contribution < 1.29 is 0 Å². The van der Waals surface area contributed by atoms with Gasteiger partial charge in [0.2, 0.25) is 0 Å². The normalized spacial score (nSPS) is 12.9. The third kappa shape index (κ3) is 3.35. The molecule has 166 valence electrons. The maximum Gasteiger partial charge on any atom is 0.101 e. The zero-order valence-electron chi connectivity index (χ0n) is 19.1. The van der Waals surface area contributed by atoms with Gasteiger partial charge in [0, 0.05) is 28.9 Å². The van der Waals surface area contributed by atoms with Gasteiger partial charge in [0.1, 0.15) is 5.03 Å². The second-order valence-corrected chi connectivity index (χ2v) is 9.93. The summed E-state index contributed by atoms with van der Waals surface area (Å²) >= 11 is 1.75. The van der Waals surface area contributed by atoms with E-state index >= 15 is 0 Å². The summed E-state index contributed by atoms with van der Waals surface area (Å²) in [4.78, 5) is 10.5. The average Bonchev–Trinajstić information content (AvgIpc) is 2.93. The van der Waals surface area contributed by atoms with Gasteiger partial charge in [-0.05, 0) is 85.6 Å². The van der Waals surface area contributed by atoms with Gasteiger partial charge in [0.05, 0.1) is 0 Å². The molecule has 0 unspecified atom stereocenters. The molecule has 0 bridgehead atoms. The number of pyridine rings is 2. The van der Waals surface area contributed by atoms with E-state index in [1.165, 1.54) is 58.8 Å². The van der Waals surface area contributed by atoms with E-state index in [4.69, 9.17) is 0 Å². The van der Waals surface area contributed by atoms with Crippen molar-refractivity contribution in [1.29, 1.82) is 0 Å². The van der Waals surface area contributed by atoms with Gasteiger partial charge in [0.25, 0.3) is 0 Å². The third-order valence-corrected chi connectivity index (χ3v) is 7.98. The van der Waals surface area contributed by atoms with Crippen LogP contribution < -0.4 is 10.4 Å². The van der Waals surface area contributed by atoms with E-state index in [0.717, 1.165) is 17.9 Å². The number of benzene rings is 4. The zero-order chi connectivity index (χ0) is 23.2. The molecule has 3 heteroatoms. The van der Waals surface area contributed by atoms with E-state index < -0.39 is 0 Å². The summed E-state index contributed by atoms with van der Waals surface area (Å²) < 4.78 is 0. The molecular formula is C32H22N2S. The molecule has 0 fully saturated rings. The second-order valence-electron chi connectivity index (χ2n) is 8.90. The summed E-state index contributed by atoms with van der Waals surface area (Å²) in [6.07, 6.45) is 12.7. The van der Waals surface area contributed by atoms with Crippen LogP contribution in [0.2, 0.25) is 0 Å². The van der Waals surface area contributed by atoms with Crippen molar-refractivity contribution in [1.82, 2.24) is 9.97 Å². The third-order valence-electron chi connectivity index (χ3n) is 6.88. The summed E-state index contributed by atoms with van der Waals surface area (Å²) in [5, 5.41) is 11.2. The Labute approximate surface area is 207 Å². The van der Waals surface area contributed by atoms with Crippen molar-refractivity contribution in [3.8, 4) is 11.1 Å². The smallest absolute Gasteiger partial charge is 0.101 e. The Morgan fingerprint density at radius 2 is 1.40 bits per heavy atom. The first-order chi connectivity index (χ1) is 17.4. The first-order valence-electron chi connectivity index (χ1n) is 12.0. The first kappa shape index (κ1) is 20.4. The Morgan fingerprint density at radius 1 is 0.629 bits per heavy atom. The number of fused-ring (bicyclic) bond motifs is 5. The molecule has 2 heterocycles. The van der Waals surface area contributed by atoms with Crippen LogP contribution >= 0.6 is 11.8 Å². The fourth-order valence-electron chi connectivity index (χ4n) is 5.38. The van der Waals surface area contributed by atoms with Gasteiger partial charge in [-0.1, -0.05) is 78.5 Å². The van der Waals surface area contributed by atoms with Crippen LogP contribution in [-0.4, -0.2) is 9.97 Å². The molecule has 0 amide bonds. The number of hydrogen-bond donors (Lipinski definition) is 0. The highest BCUT2D eigenvalue weighted by Gasteiger charge is 2.18. The lowest BCUT2D eigenvalue weighted by Crippen LogP contribution is -2.31. The quantitative estimate of drug-likeness (QED) is 0.260. The van der Waals surface area contributed by atoms with Crippen LogP contribution in [0.3, 0.4) is 0 Å². The Kier molecular flexibility index (Phi) is 4.88. The van der Waals surface area contributed by atoms with Crippen molar-refractivity contribution in [2.75, 3.05) is 0 Å². The molecule has 0 spiro atoms. The van der Waals surface area contributed by atoms with E-state index in [9.17, 15) is 0 Å². The summed E-state index contributed by atoms with van der Waals surface area (Å²) in [5.74, 6) is 0. The van der Waals surface area contributed by atoms with E-state index in [1.54, 1.807) is 11.8 Å². The molecule has 0 radical (unpaired) electrons. The van der Waals surface area contributed by atoms with Crippen LogP contribution in [0, 0.1) is 0 Å². The Bertz CT molecular complexity index is 1870. The number of aromatic nitrogens is 2. The SMILES string of the molecule is C1=c2c(Sc3ccccn3)c3ccncc3c(-c3cc4ccccc4c4ccccc34)c2=CCC1. The highest BCUT2D eigenvalue weighted by Crippen LogP contribution is 2.38. The van der Waals surface area contributed by atoms with Crippen molar-refractivity contribution in [3.63, 3.8) is 0 Å². The molecule has 2 nitrogen and oxygen atoms in total. The lowest BCUT2D eigenvalue weighted by atomic mass is 9.88. The zero-order valence-corrected chi connectivity index (χ0v) is 19.9. The van der Waals surface area contributed by atoms with Crippen molar-refractivity contribution >= 4 is 56.2 Å². The van der Waals surface area contributed by atoms with Gasteiger partial charge in [-0.25, -0.2) is 4.98 Å². The predicted molar refractivity (Wildman–Crippen MR) is 148 cm³/mol. The van der Waals surface area contributed by atoms with Crippen molar-refractivity contribution in [3.05, 3.63) is 108 Å². The van der Waals surface area contributed by atoms with E-state index in [2.05, 4.69) is 94.9 Å². The van der Waals surface area contributed by atoms with Crippen LogP contribution in [0.1, 0.15) is 12.8 Å². The minimum Gasteiger partial charge on any atom is -0.264 e. The van der Waals surface area contributed by atoms with Gasteiger partial charge in [-0.3, -0.25) is 4.98 Å². The molecule has 0 N–H and O–H groups in total. The topological polar surface area (TPSA) is 25.8 Å². The Balaban J connectivity index is 1.64. The second kappa shape index (κ2) is 8.37. The van der Waals surface area contributed by atoms with Gasteiger partial charge in [-0.2, -0.15) is 0 Å². The molecule has 0 saturated heterocycles. The number of hydrogen-bond acceptors (Lipinski definition) is 3. The number of nitrogens with zero attached hydrogens (tertiary/aromatic N) is 2. The molecule has 0 saturated carbocycles. The highest BCUT2D eigenvalue weighted by molar-refractivity contribution is 7.99. The maximum atomic E-state index is 4.61. The van der Waals surface area contributed by atoms with E-state index in [1.807, 2.05) is 24.7 Å². The van der Waals surface area contributed by atoms with Crippen LogP contribution in [0.4, 0.5) is 0 Å². The van der Waals surface area contributed by atoms with Crippen molar-refractivity contribution in [2.45, 2.75) is 22.8 Å². The fraction of sp³-hybridized carbons (Fsp3) is 0.0625. The van der Waals surface area contributed by atoms with Gasteiger partial charge < -0.3 is 0 Å². The molecule has 0 atom stereocenters.